The summed E-state index contributed by atoms with van der Waals surface area (Å²) in [7, 11) is 0. The number of aromatic nitrogens is 2. The van der Waals surface area contributed by atoms with Crippen molar-refractivity contribution in [3.8, 4) is 5.69 Å². The molecular formula is C21H22N4O. The van der Waals surface area contributed by atoms with Crippen molar-refractivity contribution in [2.24, 2.45) is 5.73 Å². The molecule has 0 atom stereocenters. The SMILES string of the molecule is Cc1c(C2CC2)nn(-c2ccccc2)c1NCc1ccc(C(N)=O)cc1. The predicted molar refractivity (Wildman–Crippen MR) is 103 cm³/mol. The van der Waals surface area contributed by atoms with Crippen LogP contribution in [0.4, 0.5) is 5.82 Å². The van der Waals surface area contributed by atoms with Crippen molar-refractivity contribution in [3.63, 3.8) is 0 Å². The van der Waals surface area contributed by atoms with Gasteiger partial charge in [-0.2, -0.15) is 5.10 Å². The fourth-order valence-electron chi connectivity index (χ4n) is 3.19. The van der Waals surface area contributed by atoms with Crippen molar-refractivity contribution in [3.05, 3.63) is 77.0 Å². The molecule has 0 saturated heterocycles. The number of nitrogens with zero attached hydrogens (tertiary/aromatic N) is 2. The van der Waals surface area contributed by atoms with Crippen molar-refractivity contribution in [1.29, 1.82) is 0 Å². The fraction of sp³-hybridized carbons (Fsp3) is 0.238. The molecule has 1 saturated carbocycles. The highest BCUT2D eigenvalue weighted by molar-refractivity contribution is 5.92. The molecule has 0 bridgehead atoms. The highest BCUT2D eigenvalue weighted by Crippen LogP contribution is 2.43. The highest BCUT2D eigenvalue weighted by atomic mass is 16.1. The zero-order valence-electron chi connectivity index (χ0n) is 14.8. The summed E-state index contributed by atoms with van der Waals surface area (Å²) in [5.41, 5.74) is 10.4. The van der Waals surface area contributed by atoms with E-state index in [2.05, 4.69) is 24.4 Å². The molecule has 26 heavy (non-hydrogen) atoms. The molecule has 1 heterocycles. The Labute approximate surface area is 152 Å². The van der Waals surface area contributed by atoms with E-state index in [-0.39, 0.29) is 0 Å². The van der Waals surface area contributed by atoms with Crippen LogP contribution in [0.2, 0.25) is 0 Å². The van der Waals surface area contributed by atoms with Gasteiger partial charge in [0.1, 0.15) is 5.82 Å². The molecule has 5 nitrogen and oxygen atoms in total. The molecule has 1 aromatic heterocycles. The lowest BCUT2D eigenvalue weighted by atomic mass is 10.1. The summed E-state index contributed by atoms with van der Waals surface area (Å²) in [6.45, 7) is 2.79. The van der Waals surface area contributed by atoms with Crippen LogP contribution in [0, 0.1) is 6.92 Å². The second-order valence-corrected chi connectivity index (χ2v) is 6.80. The van der Waals surface area contributed by atoms with Crippen LogP contribution in [-0.2, 0) is 6.54 Å². The van der Waals surface area contributed by atoms with Gasteiger partial charge in [-0.1, -0.05) is 30.3 Å². The minimum absolute atomic E-state index is 0.406. The van der Waals surface area contributed by atoms with Gasteiger partial charge in [-0.05, 0) is 49.6 Å². The van der Waals surface area contributed by atoms with Gasteiger partial charge in [0, 0.05) is 23.6 Å². The van der Waals surface area contributed by atoms with Crippen LogP contribution in [-0.4, -0.2) is 15.7 Å². The Morgan fingerprint density at radius 2 is 1.85 bits per heavy atom. The predicted octanol–water partition coefficient (Wildman–Crippen LogP) is 3.77. The lowest BCUT2D eigenvalue weighted by Crippen LogP contribution is -2.11. The lowest BCUT2D eigenvalue weighted by molar-refractivity contribution is 0.100. The Morgan fingerprint density at radius 3 is 2.46 bits per heavy atom. The standard InChI is InChI=1S/C21H22N4O/c1-14-19(16-11-12-16)24-25(18-5-3-2-4-6-18)21(14)23-13-15-7-9-17(10-8-15)20(22)26/h2-10,16,23H,11-13H2,1H3,(H2,22,26). The molecule has 1 aliphatic rings. The van der Waals surface area contributed by atoms with Crippen LogP contribution in [0.15, 0.2) is 54.6 Å². The Balaban J connectivity index is 1.61. The van der Waals surface area contributed by atoms with E-state index in [1.165, 1.54) is 24.1 Å². The van der Waals surface area contributed by atoms with Gasteiger partial charge in [0.05, 0.1) is 11.4 Å². The van der Waals surface area contributed by atoms with Gasteiger partial charge in [0.15, 0.2) is 0 Å². The van der Waals surface area contributed by atoms with Crippen LogP contribution < -0.4 is 11.1 Å². The average molecular weight is 346 g/mol. The first-order chi connectivity index (χ1) is 12.6. The second kappa shape index (κ2) is 6.67. The molecule has 0 aliphatic heterocycles. The van der Waals surface area contributed by atoms with Gasteiger partial charge < -0.3 is 11.1 Å². The van der Waals surface area contributed by atoms with Crippen LogP contribution in [0.1, 0.15) is 45.9 Å². The second-order valence-electron chi connectivity index (χ2n) is 6.80. The summed E-state index contributed by atoms with van der Waals surface area (Å²) in [5, 5.41) is 8.42. The number of nitrogens with two attached hydrogens (primary N) is 1. The first-order valence-electron chi connectivity index (χ1n) is 8.91. The number of anilines is 1. The van der Waals surface area contributed by atoms with Gasteiger partial charge in [-0.3, -0.25) is 4.79 Å². The van der Waals surface area contributed by atoms with Crippen molar-refractivity contribution < 1.29 is 4.79 Å². The molecule has 1 aliphatic carbocycles. The summed E-state index contributed by atoms with van der Waals surface area (Å²) in [5.74, 6) is 1.21. The van der Waals surface area contributed by atoms with Gasteiger partial charge in [0.2, 0.25) is 5.91 Å². The zero-order valence-corrected chi connectivity index (χ0v) is 14.8. The third kappa shape index (κ3) is 3.20. The molecule has 132 valence electrons. The first kappa shape index (κ1) is 16.4. The van der Waals surface area contributed by atoms with Crippen molar-refractivity contribution >= 4 is 11.7 Å². The number of nitrogens with one attached hydrogen (secondary N) is 1. The van der Waals surface area contributed by atoms with E-state index in [0.29, 0.717) is 18.0 Å². The van der Waals surface area contributed by atoms with E-state index in [1.54, 1.807) is 12.1 Å². The normalized spacial score (nSPS) is 13.6. The summed E-state index contributed by atoms with van der Waals surface area (Å²) < 4.78 is 2.00. The first-order valence-corrected chi connectivity index (χ1v) is 8.91. The Kier molecular flexibility index (Phi) is 4.21. The summed E-state index contributed by atoms with van der Waals surface area (Å²) >= 11 is 0. The van der Waals surface area contributed by atoms with Gasteiger partial charge >= 0.3 is 0 Å². The van der Waals surface area contributed by atoms with Gasteiger partial charge in [0.25, 0.3) is 0 Å². The zero-order chi connectivity index (χ0) is 18.1. The van der Waals surface area contributed by atoms with Gasteiger partial charge in [-0.15, -0.1) is 0 Å². The number of carbonyl (C=O) groups is 1. The maximum atomic E-state index is 11.2. The molecule has 1 fully saturated rings. The number of amides is 1. The quantitative estimate of drug-likeness (QED) is 0.713. The van der Waals surface area contributed by atoms with Crippen LogP contribution in [0.3, 0.4) is 0 Å². The van der Waals surface area contributed by atoms with Crippen molar-refractivity contribution in [1.82, 2.24) is 9.78 Å². The third-order valence-corrected chi connectivity index (χ3v) is 4.82. The maximum Gasteiger partial charge on any atom is 0.248 e. The third-order valence-electron chi connectivity index (χ3n) is 4.82. The van der Waals surface area contributed by atoms with E-state index in [4.69, 9.17) is 10.8 Å². The minimum Gasteiger partial charge on any atom is -0.366 e. The lowest BCUT2D eigenvalue weighted by Gasteiger charge is -2.11. The molecule has 2 aromatic carbocycles. The Morgan fingerprint density at radius 1 is 1.15 bits per heavy atom. The Hall–Kier alpha value is -3.08. The van der Waals surface area contributed by atoms with Crippen LogP contribution in [0.25, 0.3) is 5.69 Å². The molecule has 0 spiro atoms. The smallest absolute Gasteiger partial charge is 0.248 e. The molecule has 1 amide bonds. The fourth-order valence-corrected chi connectivity index (χ4v) is 3.19. The number of rotatable bonds is 6. The Bertz CT molecular complexity index is 925. The number of primary amides is 1. The van der Waals surface area contributed by atoms with Crippen molar-refractivity contribution in [2.75, 3.05) is 5.32 Å². The molecule has 0 radical (unpaired) electrons. The average Bonchev–Trinajstić information content (AvgIpc) is 3.45. The van der Waals surface area contributed by atoms with E-state index in [9.17, 15) is 4.79 Å². The number of carbonyl (C=O) groups excluding carboxylic acids is 1. The van der Waals surface area contributed by atoms with Gasteiger partial charge in [-0.25, -0.2) is 4.68 Å². The minimum atomic E-state index is -0.406. The molecule has 3 N–H and O–H groups in total. The van der Waals surface area contributed by atoms with Crippen LogP contribution >= 0.6 is 0 Å². The van der Waals surface area contributed by atoms with E-state index in [1.807, 2.05) is 35.0 Å². The molecule has 0 unspecified atom stereocenters. The number of hydrogen-bond acceptors (Lipinski definition) is 3. The molecule has 5 heteroatoms. The van der Waals surface area contributed by atoms with E-state index in [0.717, 1.165) is 17.1 Å². The molecular weight excluding hydrogens is 324 g/mol. The number of para-hydroxylation sites is 1. The maximum absolute atomic E-state index is 11.2. The summed E-state index contributed by atoms with van der Waals surface area (Å²) in [6, 6.07) is 17.6. The van der Waals surface area contributed by atoms with Crippen molar-refractivity contribution in [2.45, 2.75) is 32.2 Å². The number of benzene rings is 2. The number of hydrogen-bond donors (Lipinski definition) is 2. The highest BCUT2D eigenvalue weighted by Gasteiger charge is 2.30. The molecule has 3 aromatic rings. The van der Waals surface area contributed by atoms with E-state index >= 15 is 0 Å². The molecule has 4 rings (SSSR count). The topological polar surface area (TPSA) is 72.9 Å². The monoisotopic (exact) mass is 346 g/mol. The summed E-state index contributed by atoms with van der Waals surface area (Å²) in [6.07, 6.45) is 2.45. The van der Waals surface area contributed by atoms with Crippen LogP contribution in [0.5, 0.6) is 0 Å². The summed E-state index contributed by atoms with van der Waals surface area (Å²) in [4.78, 5) is 11.2. The van der Waals surface area contributed by atoms with E-state index < -0.39 is 5.91 Å². The largest absolute Gasteiger partial charge is 0.366 e.